The molecule has 4 rings (SSSR count). The van der Waals surface area contributed by atoms with Crippen molar-refractivity contribution < 1.29 is 14.3 Å². The van der Waals surface area contributed by atoms with Crippen LogP contribution in [0.15, 0.2) is 10.8 Å². The summed E-state index contributed by atoms with van der Waals surface area (Å²) in [6, 6.07) is 0. The first-order chi connectivity index (χ1) is 7.77. The third kappa shape index (κ3) is 0.907. The Morgan fingerprint density at radius 2 is 2.06 bits per heavy atom. The minimum atomic E-state index is -0.957. The molecule has 0 aromatic carbocycles. The second-order valence-corrected chi connectivity index (χ2v) is 5.38. The SMILES string of the molecule is O=C(O)c1ncoc1C1C2C3CCC(C3)C12. The molecule has 0 radical (unpaired) electrons. The highest BCUT2D eigenvalue weighted by molar-refractivity contribution is 5.86. The van der Waals surface area contributed by atoms with Gasteiger partial charge in [0.1, 0.15) is 5.76 Å². The molecule has 2 bridgehead atoms. The molecule has 4 heteroatoms. The molecule has 3 aliphatic rings. The number of hydrogen-bond acceptors (Lipinski definition) is 3. The highest BCUT2D eigenvalue weighted by Gasteiger charge is 2.67. The smallest absolute Gasteiger partial charge is 0.358 e. The Labute approximate surface area is 92.7 Å². The van der Waals surface area contributed by atoms with Crippen LogP contribution in [0.2, 0.25) is 0 Å². The van der Waals surface area contributed by atoms with Crippen LogP contribution in [0, 0.1) is 23.7 Å². The molecule has 0 saturated heterocycles. The normalized spacial score (nSPS) is 43.4. The van der Waals surface area contributed by atoms with Gasteiger partial charge in [-0.15, -0.1) is 0 Å². The molecule has 0 amide bonds. The number of aromatic carboxylic acids is 1. The number of aromatic nitrogens is 1. The monoisotopic (exact) mass is 219 g/mol. The average Bonchev–Trinajstić information content (AvgIpc) is 2.74. The number of rotatable bonds is 2. The van der Waals surface area contributed by atoms with Crippen LogP contribution >= 0.6 is 0 Å². The number of oxazole rings is 1. The summed E-state index contributed by atoms with van der Waals surface area (Å²) in [5.74, 6) is 3.09. The van der Waals surface area contributed by atoms with Gasteiger partial charge in [0.05, 0.1) is 0 Å². The number of carboxylic acid groups (broad SMARTS) is 1. The number of fused-ring (bicyclic) bond motifs is 5. The predicted molar refractivity (Wildman–Crippen MR) is 54.0 cm³/mol. The van der Waals surface area contributed by atoms with Crippen molar-refractivity contribution in [2.45, 2.75) is 25.2 Å². The first-order valence-corrected chi connectivity index (χ1v) is 5.94. The van der Waals surface area contributed by atoms with Gasteiger partial charge in [0, 0.05) is 5.92 Å². The maximum absolute atomic E-state index is 11.0. The molecule has 1 aromatic rings. The molecule has 1 N–H and O–H groups in total. The van der Waals surface area contributed by atoms with Crippen molar-refractivity contribution in [3.8, 4) is 0 Å². The highest BCUT2D eigenvalue weighted by atomic mass is 16.4. The van der Waals surface area contributed by atoms with Crippen molar-refractivity contribution in [1.29, 1.82) is 0 Å². The quantitative estimate of drug-likeness (QED) is 0.827. The number of nitrogens with zero attached hydrogens (tertiary/aromatic N) is 1. The molecular formula is C12H13NO3. The second-order valence-electron chi connectivity index (χ2n) is 5.38. The summed E-state index contributed by atoms with van der Waals surface area (Å²) >= 11 is 0. The fraction of sp³-hybridized carbons (Fsp3) is 0.667. The van der Waals surface area contributed by atoms with Gasteiger partial charge in [-0.25, -0.2) is 9.78 Å². The lowest BCUT2D eigenvalue weighted by Gasteiger charge is -2.06. The van der Waals surface area contributed by atoms with E-state index in [0.717, 1.165) is 11.8 Å². The van der Waals surface area contributed by atoms with Crippen LogP contribution in [0.1, 0.15) is 41.4 Å². The fourth-order valence-electron chi connectivity index (χ4n) is 4.33. The fourth-order valence-corrected chi connectivity index (χ4v) is 4.33. The van der Waals surface area contributed by atoms with Crippen LogP contribution < -0.4 is 0 Å². The Kier molecular flexibility index (Phi) is 1.47. The Balaban J connectivity index is 1.69. The predicted octanol–water partition coefficient (Wildman–Crippen LogP) is 2.13. The van der Waals surface area contributed by atoms with Gasteiger partial charge in [0.15, 0.2) is 12.1 Å². The molecule has 3 fully saturated rings. The van der Waals surface area contributed by atoms with Crippen LogP contribution in [0.25, 0.3) is 0 Å². The first-order valence-electron chi connectivity index (χ1n) is 5.94. The van der Waals surface area contributed by atoms with Crippen molar-refractivity contribution in [3.05, 3.63) is 17.8 Å². The minimum Gasteiger partial charge on any atom is -0.476 e. The third-order valence-electron chi connectivity index (χ3n) is 4.84. The molecule has 3 saturated carbocycles. The van der Waals surface area contributed by atoms with Gasteiger partial charge >= 0.3 is 5.97 Å². The highest BCUT2D eigenvalue weighted by Crippen LogP contribution is 2.73. The minimum absolute atomic E-state index is 0.138. The number of hydrogen-bond donors (Lipinski definition) is 1. The van der Waals surface area contributed by atoms with Crippen LogP contribution in [0.4, 0.5) is 0 Å². The molecule has 3 aliphatic carbocycles. The van der Waals surface area contributed by atoms with Crippen LogP contribution in [0.5, 0.6) is 0 Å². The van der Waals surface area contributed by atoms with E-state index in [1.807, 2.05) is 0 Å². The lowest BCUT2D eigenvalue weighted by Crippen LogP contribution is -2.04. The van der Waals surface area contributed by atoms with Gasteiger partial charge in [-0.05, 0) is 42.9 Å². The molecule has 1 aromatic heterocycles. The van der Waals surface area contributed by atoms with Gasteiger partial charge in [-0.1, -0.05) is 0 Å². The van der Waals surface area contributed by atoms with E-state index in [9.17, 15) is 4.79 Å². The van der Waals surface area contributed by atoms with E-state index < -0.39 is 5.97 Å². The van der Waals surface area contributed by atoms with Gasteiger partial charge in [-0.2, -0.15) is 0 Å². The van der Waals surface area contributed by atoms with E-state index in [1.54, 1.807) is 0 Å². The summed E-state index contributed by atoms with van der Waals surface area (Å²) in [6.45, 7) is 0. The zero-order chi connectivity index (χ0) is 10.9. The molecular weight excluding hydrogens is 206 g/mol. The average molecular weight is 219 g/mol. The van der Waals surface area contributed by atoms with Crippen molar-refractivity contribution in [1.82, 2.24) is 4.98 Å². The van der Waals surface area contributed by atoms with Crippen molar-refractivity contribution >= 4 is 5.97 Å². The van der Waals surface area contributed by atoms with Crippen molar-refractivity contribution in [2.24, 2.45) is 23.7 Å². The summed E-state index contributed by atoms with van der Waals surface area (Å²) in [5, 5.41) is 9.02. The molecule has 1 heterocycles. The zero-order valence-corrected chi connectivity index (χ0v) is 8.80. The van der Waals surface area contributed by atoms with Crippen LogP contribution in [-0.2, 0) is 0 Å². The van der Waals surface area contributed by atoms with E-state index >= 15 is 0 Å². The Morgan fingerprint density at radius 3 is 2.69 bits per heavy atom. The molecule has 16 heavy (non-hydrogen) atoms. The van der Waals surface area contributed by atoms with Crippen LogP contribution in [-0.4, -0.2) is 16.1 Å². The summed E-state index contributed by atoms with van der Waals surface area (Å²) in [6.07, 6.45) is 5.30. The Morgan fingerprint density at radius 1 is 1.38 bits per heavy atom. The van der Waals surface area contributed by atoms with Crippen molar-refractivity contribution in [2.75, 3.05) is 0 Å². The largest absolute Gasteiger partial charge is 0.476 e. The standard InChI is InChI=1S/C12H13NO3/c14-12(15)10-11(16-4-13-10)9-7-5-1-2-6(3-5)8(7)9/h4-9H,1-3H2,(H,14,15). The Hall–Kier alpha value is -1.32. The van der Waals surface area contributed by atoms with E-state index in [4.69, 9.17) is 9.52 Å². The topological polar surface area (TPSA) is 63.3 Å². The number of carboxylic acids is 1. The summed E-state index contributed by atoms with van der Waals surface area (Å²) in [4.78, 5) is 14.8. The molecule has 4 unspecified atom stereocenters. The number of carbonyl (C=O) groups is 1. The van der Waals surface area contributed by atoms with E-state index in [2.05, 4.69) is 4.98 Å². The maximum atomic E-state index is 11.0. The van der Waals surface area contributed by atoms with E-state index in [1.165, 1.54) is 25.7 Å². The van der Waals surface area contributed by atoms with Gasteiger partial charge < -0.3 is 9.52 Å². The molecule has 4 atom stereocenters. The molecule has 0 spiro atoms. The molecule has 4 nitrogen and oxygen atoms in total. The van der Waals surface area contributed by atoms with Gasteiger partial charge in [0.2, 0.25) is 0 Å². The van der Waals surface area contributed by atoms with Crippen LogP contribution in [0.3, 0.4) is 0 Å². The van der Waals surface area contributed by atoms with Gasteiger partial charge in [0.25, 0.3) is 0 Å². The lowest BCUT2D eigenvalue weighted by atomic mass is 10.0. The summed E-state index contributed by atoms with van der Waals surface area (Å²) < 4.78 is 5.32. The summed E-state index contributed by atoms with van der Waals surface area (Å²) in [5.41, 5.74) is 0.138. The first kappa shape index (κ1) is 8.79. The Bertz CT molecular complexity index is 451. The van der Waals surface area contributed by atoms with E-state index in [0.29, 0.717) is 23.5 Å². The lowest BCUT2D eigenvalue weighted by molar-refractivity contribution is 0.0688. The molecule has 0 aliphatic heterocycles. The second kappa shape index (κ2) is 2.67. The third-order valence-corrected chi connectivity index (χ3v) is 4.84. The summed E-state index contributed by atoms with van der Waals surface area (Å²) in [7, 11) is 0. The van der Waals surface area contributed by atoms with Gasteiger partial charge in [-0.3, -0.25) is 0 Å². The molecule has 84 valence electrons. The van der Waals surface area contributed by atoms with E-state index in [-0.39, 0.29) is 5.69 Å². The maximum Gasteiger partial charge on any atom is 0.358 e. The van der Waals surface area contributed by atoms with Crippen molar-refractivity contribution in [3.63, 3.8) is 0 Å². The zero-order valence-electron chi connectivity index (χ0n) is 8.80.